The molecule has 0 aliphatic carbocycles. The van der Waals surface area contributed by atoms with Gasteiger partial charge in [-0.05, 0) is 35.8 Å². The first-order chi connectivity index (χ1) is 15.3. The predicted octanol–water partition coefficient (Wildman–Crippen LogP) is 4.45. The van der Waals surface area contributed by atoms with Gasteiger partial charge in [0.15, 0.2) is 0 Å². The number of hydrogen-bond acceptors (Lipinski definition) is 5. The second-order valence-electron chi connectivity index (χ2n) is 7.87. The first-order valence-electron chi connectivity index (χ1n) is 10.2. The second-order valence-corrected chi connectivity index (χ2v) is 8.93. The van der Waals surface area contributed by atoms with Gasteiger partial charge in [0.25, 0.3) is 5.91 Å². The van der Waals surface area contributed by atoms with Crippen LogP contribution in [0.25, 0.3) is 26.8 Å². The zero-order valence-corrected chi connectivity index (χ0v) is 19.3. The van der Waals surface area contributed by atoms with Crippen LogP contribution in [0.5, 0.6) is 5.75 Å². The number of pyridine rings is 1. The zero-order valence-electron chi connectivity index (χ0n) is 18.4. The van der Waals surface area contributed by atoms with Crippen molar-refractivity contribution in [3.8, 4) is 16.9 Å². The summed E-state index contributed by atoms with van der Waals surface area (Å²) in [4.78, 5) is 32.3. The van der Waals surface area contributed by atoms with Crippen molar-refractivity contribution in [3.05, 3.63) is 52.9 Å². The van der Waals surface area contributed by atoms with E-state index in [0.717, 1.165) is 28.0 Å². The van der Waals surface area contributed by atoms with Gasteiger partial charge in [-0.15, -0.1) is 11.3 Å². The highest BCUT2D eigenvalue weighted by molar-refractivity contribution is 7.21. The van der Waals surface area contributed by atoms with E-state index < -0.39 is 0 Å². The lowest BCUT2D eigenvalue weighted by Gasteiger charge is -2.27. The Hall–Kier alpha value is -3.26. The van der Waals surface area contributed by atoms with E-state index >= 15 is 4.39 Å². The third-order valence-corrected chi connectivity index (χ3v) is 6.72. The van der Waals surface area contributed by atoms with Crippen molar-refractivity contribution >= 4 is 38.8 Å². The van der Waals surface area contributed by atoms with Crippen LogP contribution < -0.4 is 4.74 Å². The Morgan fingerprint density at radius 2 is 2.00 bits per heavy atom. The topological polar surface area (TPSA) is 62.7 Å². The van der Waals surface area contributed by atoms with Crippen molar-refractivity contribution in [2.75, 3.05) is 34.3 Å². The summed E-state index contributed by atoms with van der Waals surface area (Å²) in [5, 5.41) is 0.644. The maximum Gasteiger partial charge on any atom is 0.263 e. The monoisotopic (exact) mass is 453 g/mol. The second kappa shape index (κ2) is 8.70. The summed E-state index contributed by atoms with van der Waals surface area (Å²) in [5.41, 5.74) is 2.71. The highest BCUT2D eigenvalue weighted by Gasteiger charge is 2.25. The molecule has 0 atom stereocenters. The molecule has 8 heteroatoms. The van der Waals surface area contributed by atoms with Crippen LogP contribution in [0.2, 0.25) is 0 Å². The van der Waals surface area contributed by atoms with Gasteiger partial charge in [-0.25, -0.2) is 4.39 Å². The zero-order chi connectivity index (χ0) is 23.0. The van der Waals surface area contributed by atoms with E-state index in [1.807, 2.05) is 12.1 Å². The van der Waals surface area contributed by atoms with Crippen molar-refractivity contribution in [2.45, 2.75) is 13.3 Å². The van der Waals surface area contributed by atoms with Gasteiger partial charge >= 0.3 is 0 Å². The average Bonchev–Trinajstić information content (AvgIpc) is 3.25. The molecule has 6 nitrogen and oxygen atoms in total. The van der Waals surface area contributed by atoms with E-state index in [4.69, 9.17) is 4.74 Å². The minimum absolute atomic E-state index is 0.0388. The molecular formula is C24H24FN3O3S. The number of aromatic nitrogens is 1. The fourth-order valence-corrected chi connectivity index (χ4v) is 5.06. The van der Waals surface area contributed by atoms with Crippen molar-refractivity contribution in [1.82, 2.24) is 14.8 Å². The van der Waals surface area contributed by atoms with Gasteiger partial charge in [0.2, 0.25) is 5.91 Å². The minimum Gasteiger partial charge on any atom is -0.494 e. The maximum absolute atomic E-state index is 15.8. The van der Waals surface area contributed by atoms with E-state index in [9.17, 15) is 9.59 Å². The molecule has 2 amide bonds. The molecule has 32 heavy (non-hydrogen) atoms. The number of halogens is 1. The highest BCUT2D eigenvalue weighted by atomic mass is 32.1. The van der Waals surface area contributed by atoms with Crippen LogP contribution in [0.3, 0.4) is 0 Å². The molecule has 0 bridgehead atoms. The molecule has 166 valence electrons. The van der Waals surface area contributed by atoms with Gasteiger partial charge in [-0.2, -0.15) is 0 Å². The van der Waals surface area contributed by atoms with Crippen LogP contribution in [-0.4, -0.2) is 60.9 Å². The molecule has 0 N–H and O–H groups in total. The Morgan fingerprint density at radius 1 is 1.22 bits per heavy atom. The molecule has 0 spiro atoms. The van der Waals surface area contributed by atoms with E-state index in [0.29, 0.717) is 45.8 Å². The molecule has 0 saturated carbocycles. The molecule has 2 aromatic heterocycles. The maximum atomic E-state index is 15.8. The molecule has 4 rings (SSSR count). The SMILES string of the molecule is COc1cnccc1-c1cc(C2=CCCN(C(C)=O)C2)c(F)c2sc(C(=O)N(C)C)cc12. The number of carbonyl (C=O) groups is 2. The van der Waals surface area contributed by atoms with Crippen LogP contribution in [-0.2, 0) is 4.79 Å². The normalized spacial score (nSPS) is 13.8. The van der Waals surface area contributed by atoms with Crippen LogP contribution in [0.4, 0.5) is 4.39 Å². The summed E-state index contributed by atoms with van der Waals surface area (Å²) in [6.07, 6.45) is 5.91. The lowest BCUT2D eigenvalue weighted by atomic mass is 9.93. The molecule has 1 aromatic carbocycles. The summed E-state index contributed by atoms with van der Waals surface area (Å²) in [6, 6.07) is 5.35. The summed E-state index contributed by atoms with van der Waals surface area (Å²) in [6.45, 7) is 2.49. The smallest absolute Gasteiger partial charge is 0.263 e. The molecule has 3 aromatic rings. The third kappa shape index (κ3) is 3.86. The van der Waals surface area contributed by atoms with E-state index in [1.165, 1.54) is 11.8 Å². The minimum atomic E-state index is -0.378. The van der Waals surface area contributed by atoms with Gasteiger partial charge in [0.05, 0.1) is 22.9 Å². The lowest BCUT2D eigenvalue weighted by molar-refractivity contribution is -0.128. The van der Waals surface area contributed by atoms with E-state index in [2.05, 4.69) is 4.98 Å². The summed E-state index contributed by atoms with van der Waals surface area (Å²) >= 11 is 1.14. The lowest BCUT2D eigenvalue weighted by Crippen LogP contribution is -2.33. The summed E-state index contributed by atoms with van der Waals surface area (Å²) in [7, 11) is 4.90. The van der Waals surface area contributed by atoms with Crippen LogP contribution >= 0.6 is 11.3 Å². The molecule has 0 saturated heterocycles. The van der Waals surface area contributed by atoms with Gasteiger partial charge in [-0.3, -0.25) is 14.6 Å². The van der Waals surface area contributed by atoms with Gasteiger partial charge in [-0.1, -0.05) is 6.08 Å². The number of ether oxygens (including phenoxy) is 1. The summed E-state index contributed by atoms with van der Waals surface area (Å²) < 4.78 is 21.8. The van der Waals surface area contributed by atoms with Crippen molar-refractivity contribution in [3.63, 3.8) is 0 Å². The number of nitrogens with zero attached hydrogens (tertiary/aromatic N) is 3. The number of thiophene rings is 1. The number of methoxy groups -OCH3 is 1. The molecule has 3 heterocycles. The Morgan fingerprint density at radius 3 is 2.69 bits per heavy atom. The standard InChI is InChI=1S/C24H24FN3O3S/c1-14(29)28-9-5-6-15(13-28)17-10-18(16-7-8-26-12-20(16)31-4)19-11-21(24(30)27(2)3)32-23(19)22(17)25/h6-8,10-12H,5,9,13H2,1-4H3. The number of fused-ring (bicyclic) bond motifs is 1. The molecule has 1 aliphatic heterocycles. The van der Waals surface area contributed by atoms with Crippen molar-refractivity contribution in [1.29, 1.82) is 0 Å². The van der Waals surface area contributed by atoms with Gasteiger partial charge in [0, 0.05) is 56.8 Å². The number of amides is 2. The van der Waals surface area contributed by atoms with Crippen molar-refractivity contribution in [2.24, 2.45) is 0 Å². The van der Waals surface area contributed by atoms with E-state index in [1.54, 1.807) is 50.6 Å². The molecule has 0 radical (unpaired) electrons. The number of benzene rings is 1. The Balaban J connectivity index is 1.98. The molecular weight excluding hydrogens is 429 g/mol. The first kappa shape index (κ1) is 22.0. The molecule has 1 aliphatic rings. The number of rotatable bonds is 4. The Labute approximate surface area is 189 Å². The van der Waals surface area contributed by atoms with Crippen LogP contribution in [0, 0.1) is 5.82 Å². The Kier molecular flexibility index (Phi) is 5.97. The Bertz CT molecular complexity index is 1250. The summed E-state index contributed by atoms with van der Waals surface area (Å²) in [5.74, 6) is -0.0419. The average molecular weight is 454 g/mol. The predicted molar refractivity (Wildman–Crippen MR) is 124 cm³/mol. The van der Waals surface area contributed by atoms with Gasteiger partial charge in [0.1, 0.15) is 11.6 Å². The quantitative estimate of drug-likeness (QED) is 0.586. The fraction of sp³-hybridized carbons (Fsp3) is 0.292. The largest absolute Gasteiger partial charge is 0.494 e. The molecule has 0 fully saturated rings. The van der Waals surface area contributed by atoms with Crippen molar-refractivity contribution < 1.29 is 18.7 Å². The van der Waals surface area contributed by atoms with Crippen LogP contribution in [0.1, 0.15) is 28.6 Å². The van der Waals surface area contributed by atoms with Gasteiger partial charge < -0.3 is 14.5 Å². The molecule has 0 unspecified atom stereocenters. The first-order valence-corrected chi connectivity index (χ1v) is 11.0. The number of carbonyl (C=O) groups excluding carboxylic acids is 2. The highest BCUT2D eigenvalue weighted by Crippen LogP contribution is 2.42. The van der Waals surface area contributed by atoms with Crippen LogP contribution in [0.15, 0.2) is 36.7 Å². The number of hydrogen-bond donors (Lipinski definition) is 0. The van der Waals surface area contributed by atoms with E-state index in [-0.39, 0.29) is 17.6 Å². The third-order valence-electron chi connectivity index (χ3n) is 5.60. The fourth-order valence-electron chi connectivity index (χ4n) is 3.92.